The summed E-state index contributed by atoms with van der Waals surface area (Å²) in [5.41, 5.74) is 6.04. The summed E-state index contributed by atoms with van der Waals surface area (Å²) in [4.78, 5) is 17.4. The van der Waals surface area contributed by atoms with Gasteiger partial charge in [0.1, 0.15) is 0 Å². The number of carbonyl (C=O) groups is 1. The number of nitrogens with zero attached hydrogens (tertiary/aromatic N) is 2. The summed E-state index contributed by atoms with van der Waals surface area (Å²) in [6.45, 7) is 13.0. The number of benzene rings is 1. The first-order chi connectivity index (χ1) is 16.2. The Labute approximate surface area is 204 Å². The van der Waals surface area contributed by atoms with Gasteiger partial charge < -0.3 is 14.3 Å². The average molecular weight is 476 g/mol. The highest BCUT2D eigenvalue weighted by Crippen LogP contribution is 2.42. The molecule has 0 spiro atoms. The molecule has 0 saturated heterocycles. The van der Waals surface area contributed by atoms with E-state index in [2.05, 4.69) is 48.7 Å². The number of carbonyl (C=O) groups excluding carboxylic acids is 1. The number of pyridine rings is 1. The van der Waals surface area contributed by atoms with Gasteiger partial charge in [0.15, 0.2) is 14.1 Å². The molecular weight excluding hydrogens is 438 g/mol. The van der Waals surface area contributed by atoms with Crippen molar-refractivity contribution in [2.24, 2.45) is 0 Å². The summed E-state index contributed by atoms with van der Waals surface area (Å²) in [5, 5.41) is 3.79. The second-order valence-electron chi connectivity index (χ2n) is 10.7. The zero-order valence-corrected chi connectivity index (χ0v) is 22.1. The number of fused-ring (bicyclic) bond motifs is 1. The van der Waals surface area contributed by atoms with E-state index >= 15 is 0 Å². The standard InChI is InChI=1S/C28H37N3O2Si/c1-28(2,3)34(4,5)33-20-10-19-31-23-13-9-14-24(32)25(23)26(30-22-11-7-6-8-12-22)27(31)21-15-17-29-18-16-21/h6-8,11-12,15-18,30H,9-10,13-14,19-20H2,1-5H3. The molecule has 180 valence electrons. The van der Waals surface area contributed by atoms with E-state index in [1.807, 2.05) is 54.9 Å². The van der Waals surface area contributed by atoms with Crippen molar-refractivity contribution in [3.05, 3.63) is 66.1 Å². The van der Waals surface area contributed by atoms with E-state index in [0.717, 1.165) is 66.3 Å². The van der Waals surface area contributed by atoms with Gasteiger partial charge in [0, 0.05) is 48.9 Å². The number of aromatic nitrogens is 2. The molecule has 5 nitrogen and oxygen atoms in total. The van der Waals surface area contributed by atoms with Crippen LogP contribution in [-0.2, 0) is 17.4 Å². The van der Waals surface area contributed by atoms with Gasteiger partial charge in [-0.05, 0) is 61.7 Å². The van der Waals surface area contributed by atoms with E-state index < -0.39 is 8.32 Å². The minimum Gasteiger partial charge on any atom is -0.417 e. The van der Waals surface area contributed by atoms with Crippen LogP contribution in [-0.4, -0.2) is 30.3 Å². The fraction of sp³-hybridized carbons (Fsp3) is 0.429. The van der Waals surface area contributed by atoms with Crippen molar-refractivity contribution in [1.29, 1.82) is 0 Å². The molecule has 0 unspecified atom stereocenters. The van der Waals surface area contributed by atoms with Crippen molar-refractivity contribution in [2.75, 3.05) is 11.9 Å². The lowest BCUT2D eigenvalue weighted by Gasteiger charge is -2.36. The number of ketones is 1. The molecule has 0 fully saturated rings. The molecule has 1 aliphatic carbocycles. The summed E-state index contributed by atoms with van der Waals surface area (Å²) in [5.74, 6) is 0.228. The molecule has 0 bridgehead atoms. The predicted molar refractivity (Wildman–Crippen MR) is 142 cm³/mol. The molecular formula is C28H37N3O2Si. The number of para-hydroxylation sites is 1. The third-order valence-corrected chi connectivity index (χ3v) is 11.8. The number of anilines is 2. The van der Waals surface area contributed by atoms with Crippen LogP contribution >= 0.6 is 0 Å². The van der Waals surface area contributed by atoms with E-state index in [9.17, 15) is 4.79 Å². The van der Waals surface area contributed by atoms with Crippen molar-refractivity contribution in [2.45, 2.75) is 71.1 Å². The third-order valence-electron chi connectivity index (χ3n) is 7.26. The zero-order chi connectivity index (χ0) is 24.3. The zero-order valence-electron chi connectivity index (χ0n) is 21.1. The maximum absolute atomic E-state index is 13.2. The third kappa shape index (κ3) is 5.03. The first kappa shape index (κ1) is 24.4. The highest BCUT2D eigenvalue weighted by molar-refractivity contribution is 6.74. The van der Waals surface area contributed by atoms with Crippen LogP contribution in [0.5, 0.6) is 0 Å². The molecule has 0 amide bonds. The van der Waals surface area contributed by atoms with Crippen LogP contribution in [0, 0.1) is 0 Å². The van der Waals surface area contributed by atoms with Gasteiger partial charge in [0.25, 0.3) is 0 Å². The second-order valence-corrected chi connectivity index (χ2v) is 15.5. The highest BCUT2D eigenvalue weighted by Gasteiger charge is 2.37. The molecule has 2 aromatic heterocycles. The van der Waals surface area contributed by atoms with Gasteiger partial charge in [0.2, 0.25) is 0 Å². The van der Waals surface area contributed by atoms with E-state index in [1.165, 1.54) is 0 Å². The van der Waals surface area contributed by atoms with Crippen LogP contribution in [0.4, 0.5) is 11.4 Å². The van der Waals surface area contributed by atoms with Gasteiger partial charge >= 0.3 is 0 Å². The summed E-state index contributed by atoms with van der Waals surface area (Å²) < 4.78 is 8.82. The molecule has 2 heterocycles. The number of Topliss-reactive ketones (excluding diaryl/α,β-unsaturated/α-hetero) is 1. The highest BCUT2D eigenvalue weighted by atomic mass is 28.4. The van der Waals surface area contributed by atoms with Crippen LogP contribution in [0.1, 0.15) is 56.1 Å². The van der Waals surface area contributed by atoms with Gasteiger partial charge in [-0.1, -0.05) is 39.0 Å². The Bertz CT molecular complexity index is 1130. The molecule has 1 N–H and O–H groups in total. The molecule has 0 saturated carbocycles. The van der Waals surface area contributed by atoms with Crippen LogP contribution in [0.15, 0.2) is 54.9 Å². The first-order valence-corrected chi connectivity index (χ1v) is 15.2. The Kier molecular flexibility index (Phi) is 7.10. The smallest absolute Gasteiger partial charge is 0.191 e. The molecule has 0 atom stereocenters. The molecule has 0 radical (unpaired) electrons. The lowest BCUT2D eigenvalue weighted by Crippen LogP contribution is -2.41. The van der Waals surface area contributed by atoms with E-state index in [1.54, 1.807) is 0 Å². The van der Waals surface area contributed by atoms with E-state index in [4.69, 9.17) is 4.43 Å². The molecule has 0 aliphatic heterocycles. The van der Waals surface area contributed by atoms with Gasteiger partial charge in [-0.3, -0.25) is 9.78 Å². The van der Waals surface area contributed by atoms with Gasteiger partial charge in [-0.2, -0.15) is 0 Å². The summed E-state index contributed by atoms with van der Waals surface area (Å²) >= 11 is 0. The number of hydrogen-bond acceptors (Lipinski definition) is 4. The maximum Gasteiger partial charge on any atom is 0.191 e. The maximum atomic E-state index is 13.2. The topological polar surface area (TPSA) is 56.1 Å². The minimum absolute atomic E-state index is 0.195. The van der Waals surface area contributed by atoms with Crippen LogP contribution in [0.25, 0.3) is 11.3 Å². The lowest BCUT2D eigenvalue weighted by molar-refractivity contribution is 0.0972. The molecule has 4 rings (SSSR count). The summed E-state index contributed by atoms with van der Waals surface area (Å²) in [6, 6.07) is 14.2. The SMILES string of the molecule is CC(C)(C)[Si](C)(C)OCCCn1c2c(c(Nc3ccccc3)c1-c1ccncc1)C(=O)CCC2. The molecule has 1 aliphatic rings. The van der Waals surface area contributed by atoms with Crippen molar-refractivity contribution in [3.63, 3.8) is 0 Å². The van der Waals surface area contributed by atoms with Crippen LogP contribution in [0.2, 0.25) is 18.1 Å². The molecule has 34 heavy (non-hydrogen) atoms. The van der Waals surface area contributed by atoms with Crippen LogP contribution in [0.3, 0.4) is 0 Å². The van der Waals surface area contributed by atoms with Crippen LogP contribution < -0.4 is 5.32 Å². The van der Waals surface area contributed by atoms with Gasteiger partial charge in [-0.25, -0.2) is 0 Å². The monoisotopic (exact) mass is 475 g/mol. The van der Waals surface area contributed by atoms with Crippen molar-refractivity contribution >= 4 is 25.5 Å². The predicted octanol–water partition coefficient (Wildman–Crippen LogP) is 7.22. The Morgan fingerprint density at radius 2 is 1.76 bits per heavy atom. The Hall–Kier alpha value is -2.70. The lowest BCUT2D eigenvalue weighted by atomic mass is 9.95. The quantitative estimate of drug-likeness (QED) is 0.276. The normalized spacial score (nSPS) is 14.2. The number of nitrogens with one attached hydrogen (secondary N) is 1. The Morgan fingerprint density at radius 3 is 2.44 bits per heavy atom. The second kappa shape index (κ2) is 9.88. The fourth-order valence-electron chi connectivity index (χ4n) is 4.38. The summed E-state index contributed by atoms with van der Waals surface area (Å²) in [7, 11) is -1.79. The van der Waals surface area contributed by atoms with Crippen molar-refractivity contribution in [1.82, 2.24) is 9.55 Å². The van der Waals surface area contributed by atoms with Crippen molar-refractivity contribution < 1.29 is 9.22 Å². The van der Waals surface area contributed by atoms with Crippen molar-refractivity contribution in [3.8, 4) is 11.3 Å². The summed E-state index contributed by atoms with van der Waals surface area (Å²) in [6.07, 6.45) is 6.96. The van der Waals surface area contributed by atoms with Gasteiger partial charge in [0.05, 0.1) is 16.9 Å². The Morgan fingerprint density at radius 1 is 1.06 bits per heavy atom. The molecule has 1 aromatic carbocycles. The number of hydrogen-bond donors (Lipinski definition) is 1. The first-order valence-electron chi connectivity index (χ1n) is 12.3. The number of rotatable bonds is 8. The van der Waals surface area contributed by atoms with E-state index in [-0.39, 0.29) is 10.8 Å². The van der Waals surface area contributed by atoms with E-state index in [0.29, 0.717) is 6.42 Å². The van der Waals surface area contributed by atoms with Gasteiger partial charge in [-0.15, -0.1) is 0 Å². The fourth-order valence-corrected chi connectivity index (χ4v) is 5.47. The molecule has 3 aromatic rings. The minimum atomic E-state index is -1.79. The molecule has 6 heteroatoms. The largest absolute Gasteiger partial charge is 0.417 e. The Balaban J connectivity index is 1.72. The average Bonchev–Trinajstić information content (AvgIpc) is 3.11.